The van der Waals surface area contributed by atoms with E-state index in [4.69, 9.17) is 9.47 Å². The van der Waals surface area contributed by atoms with Gasteiger partial charge >= 0.3 is 5.97 Å². The Hall–Kier alpha value is -5.29. The Labute approximate surface area is 287 Å². The van der Waals surface area contributed by atoms with Crippen molar-refractivity contribution in [2.75, 3.05) is 19.0 Å². The van der Waals surface area contributed by atoms with Crippen LogP contribution < -0.4 is 10.7 Å². The minimum absolute atomic E-state index is 0.00127. The molecular weight excluding hydrogens is 624 g/mol. The number of ether oxygens (including phenoxy) is 2. The van der Waals surface area contributed by atoms with Gasteiger partial charge < -0.3 is 24.8 Å². The quantitative estimate of drug-likeness (QED) is 0.0521. The standard InChI is InChI=1S/C38H44N4O7/c1-48-27-32-38(30-13-5-4-6-14-30)49-37(47)20-8-3-2-7-19-36(46)42(32)26-29-23-21-28(22-24-29)25-39-41-35(45)18-12-11-17-34(44)40-31-15-9-10-16-33(31)43/h2-6,9-10,13-16,21-25,32,38,43H,7-8,11-12,17-20,26-27H2,1H3,(H,40,44)(H,41,45)/b3-2+,39-25+/t32-,38-/m0/s1. The van der Waals surface area contributed by atoms with Gasteiger partial charge in [-0.15, -0.1) is 0 Å². The third kappa shape index (κ3) is 12.0. The van der Waals surface area contributed by atoms with Gasteiger partial charge in [-0.2, -0.15) is 5.10 Å². The number of cyclic esters (lactones) is 1. The SMILES string of the molecule is COC[C@H]1[C@H](c2ccccc2)OC(=O)CC/C=C/CCC(=O)N1Cc1ccc(/C=N/NC(=O)CCCCC(=O)Nc2ccccc2O)cc1. The lowest BCUT2D eigenvalue weighted by Gasteiger charge is -2.37. The Bertz CT molecular complexity index is 1590. The van der Waals surface area contributed by atoms with Crippen LogP contribution in [-0.4, -0.2) is 59.7 Å². The number of unbranched alkanes of at least 4 members (excludes halogenated alkanes) is 1. The summed E-state index contributed by atoms with van der Waals surface area (Å²) in [6.07, 6.45) is 7.78. The topological polar surface area (TPSA) is 147 Å². The maximum Gasteiger partial charge on any atom is 0.306 e. The van der Waals surface area contributed by atoms with Gasteiger partial charge in [-0.3, -0.25) is 19.2 Å². The first-order valence-corrected chi connectivity index (χ1v) is 16.5. The van der Waals surface area contributed by atoms with Crippen molar-refractivity contribution in [1.82, 2.24) is 10.3 Å². The first kappa shape index (κ1) is 36.5. The van der Waals surface area contributed by atoms with E-state index in [0.717, 1.165) is 16.7 Å². The van der Waals surface area contributed by atoms with E-state index in [1.54, 1.807) is 30.2 Å². The van der Waals surface area contributed by atoms with Crippen molar-refractivity contribution in [1.29, 1.82) is 0 Å². The molecule has 0 aromatic heterocycles. The van der Waals surface area contributed by atoms with Crippen LogP contribution in [0.5, 0.6) is 5.75 Å². The fourth-order valence-corrected chi connectivity index (χ4v) is 5.40. The summed E-state index contributed by atoms with van der Waals surface area (Å²) >= 11 is 0. The molecule has 2 atom stereocenters. The number of esters is 1. The number of benzene rings is 3. The molecule has 0 fully saturated rings. The third-order valence-electron chi connectivity index (χ3n) is 7.97. The maximum absolute atomic E-state index is 13.7. The maximum atomic E-state index is 13.7. The lowest BCUT2D eigenvalue weighted by atomic mass is 9.99. The molecule has 3 aromatic carbocycles. The van der Waals surface area contributed by atoms with Crippen LogP contribution in [-0.2, 0) is 35.2 Å². The van der Waals surface area contributed by atoms with Gasteiger partial charge in [0, 0.05) is 39.3 Å². The van der Waals surface area contributed by atoms with Crippen molar-refractivity contribution in [2.24, 2.45) is 5.10 Å². The Kier molecular flexibility index (Phi) is 14.6. The Morgan fingerprint density at radius 3 is 2.31 bits per heavy atom. The lowest BCUT2D eigenvalue weighted by Crippen LogP contribution is -2.47. The third-order valence-corrected chi connectivity index (χ3v) is 7.97. The Balaban J connectivity index is 1.34. The van der Waals surface area contributed by atoms with Crippen LogP contribution in [0.3, 0.4) is 0 Å². The highest BCUT2D eigenvalue weighted by Gasteiger charge is 2.34. The van der Waals surface area contributed by atoms with Crippen molar-refractivity contribution < 1.29 is 33.8 Å². The van der Waals surface area contributed by atoms with Crippen molar-refractivity contribution in [3.05, 3.63) is 108 Å². The fourth-order valence-electron chi connectivity index (χ4n) is 5.40. The van der Waals surface area contributed by atoms with Gasteiger partial charge in [-0.25, -0.2) is 5.43 Å². The first-order chi connectivity index (χ1) is 23.8. The fraction of sp³-hybridized carbons (Fsp3) is 0.342. The zero-order chi connectivity index (χ0) is 34.8. The molecule has 0 spiro atoms. The zero-order valence-corrected chi connectivity index (χ0v) is 27.8. The summed E-state index contributed by atoms with van der Waals surface area (Å²) in [7, 11) is 1.57. The molecule has 0 saturated heterocycles. The number of para-hydroxylation sites is 2. The van der Waals surface area contributed by atoms with Gasteiger partial charge in [0.25, 0.3) is 0 Å². The summed E-state index contributed by atoms with van der Waals surface area (Å²) in [6.45, 7) is 0.445. The molecule has 0 radical (unpaired) electrons. The number of nitrogens with zero attached hydrogens (tertiary/aromatic N) is 2. The predicted octanol–water partition coefficient (Wildman–Crippen LogP) is 5.80. The molecule has 3 aromatic rings. The number of carbonyl (C=O) groups is 4. The van der Waals surface area contributed by atoms with Crippen molar-refractivity contribution in [2.45, 2.75) is 70.1 Å². The van der Waals surface area contributed by atoms with Crippen molar-refractivity contribution in [3.63, 3.8) is 0 Å². The van der Waals surface area contributed by atoms with Crippen LogP contribution in [0, 0.1) is 0 Å². The molecule has 1 aliphatic heterocycles. The van der Waals surface area contributed by atoms with Crippen molar-refractivity contribution >= 4 is 35.6 Å². The summed E-state index contributed by atoms with van der Waals surface area (Å²) in [5.41, 5.74) is 5.26. The van der Waals surface area contributed by atoms with E-state index in [2.05, 4.69) is 15.8 Å². The first-order valence-electron chi connectivity index (χ1n) is 16.5. The second-order valence-electron chi connectivity index (χ2n) is 11.7. The average molecular weight is 669 g/mol. The highest BCUT2D eigenvalue weighted by molar-refractivity contribution is 5.92. The summed E-state index contributed by atoms with van der Waals surface area (Å²) < 4.78 is 11.6. The number of nitrogens with one attached hydrogen (secondary N) is 2. The molecule has 4 rings (SSSR count). The average Bonchev–Trinajstić information content (AvgIpc) is 3.10. The van der Waals surface area contributed by atoms with Crippen LogP contribution in [0.4, 0.5) is 5.69 Å². The van der Waals surface area contributed by atoms with Gasteiger partial charge in [0.05, 0.1) is 24.6 Å². The number of phenolic OH excluding ortho intramolecular Hbond substituents is 1. The van der Waals surface area contributed by atoms with E-state index in [1.807, 2.05) is 66.7 Å². The zero-order valence-electron chi connectivity index (χ0n) is 27.8. The van der Waals surface area contributed by atoms with Gasteiger partial charge in [-0.1, -0.05) is 78.9 Å². The summed E-state index contributed by atoms with van der Waals surface area (Å²) in [5, 5.41) is 16.5. The van der Waals surface area contributed by atoms with E-state index < -0.39 is 12.1 Å². The molecule has 0 bridgehead atoms. The van der Waals surface area contributed by atoms with Gasteiger partial charge in [-0.05, 0) is 54.5 Å². The van der Waals surface area contributed by atoms with Crippen LogP contribution in [0.2, 0.25) is 0 Å². The number of hydrogen-bond acceptors (Lipinski definition) is 8. The largest absolute Gasteiger partial charge is 0.506 e. The van der Waals surface area contributed by atoms with Crippen molar-refractivity contribution in [3.8, 4) is 5.75 Å². The van der Waals surface area contributed by atoms with Gasteiger partial charge in [0.15, 0.2) is 0 Å². The molecule has 1 aliphatic rings. The molecule has 0 aliphatic carbocycles. The lowest BCUT2D eigenvalue weighted by molar-refractivity contribution is -0.159. The van der Waals surface area contributed by atoms with Crippen LogP contribution in [0.15, 0.2) is 96.1 Å². The number of amides is 3. The minimum atomic E-state index is -0.711. The summed E-state index contributed by atoms with van der Waals surface area (Å²) in [5.74, 6) is -0.913. The Morgan fingerprint density at radius 2 is 1.59 bits per heavy atom. The van der Waals surface area contributed by atoms with E-state index in [9.17, 15) is 24.3 Å². The number of carbonyl (C=O) groups excluding carboxylic acids is 4. The number of phenols is 1. The monoisotopic (exact) mass is 668 g/mol. The highest BCUT2D eigenvalue weighted by Crippen LogP contribution is 2.29. The molecule has 3 amide bonds. The van der Waals surface area contributed by atoms with E-state index >= 15 is 0 Å². The molecule has 1 heterocycles. The number of allylic oxidation sites excluding steroid dienone is 2. The van der Waals surface area contributed by atoms with Gasteiger partial charge in [0.1, 0.15) is 11.9 Å². The molecular formula is C38H44N4O7. The van der Waals surface area contributed by atoms with E-state index in [1.165, 1.54) is 12.3 Å². The normalized spacial score (nSPS) is 17.9. The van der Waals surface area contributed by atoms with Crippen LogP contribution in [0.25, 0.3) is 0 Å². The number of anilines is 1. The molecule has 11 heteroatoms. The second-order valence-corrected chi connectivity index (χ2v) is 11.7. The predicted molar refractivity (Wildman–Crippen MR) is 186 cm³/mol. The molecule has 258 valence electrons. The van der Waals surface area contributed by atoms with Gasteiger partial charge in [0.2, 0.25) is 17.7 Å². The molecule has 0 unspecified atom stereocenters. The van der Waals surface area contributed by atoms with Crippen LogP contribution >= 0.6 is 0 Å². The number of aromatic hydroxyl groups is 1. The number of hydrazone groups is 1. The van der Waals surface area contributed by atoms with E-state index in [-0.39, 0.29) is 61.9 Å². The second kappa shape index (κ2) is 19.5. The molecule has 3 N–H and O–H groups in total. The highest BCUT2D eigenvalue weighted by atomic mass is 16.5. The molecule has 11 nitrogen and oxygen atoms in total. The summed E-state index contributed by atoms with van der Waals surface area (Å²) in [4.78, 5) is 52.6. The number of methoxy groups -OCH3 is 1. The van der Waals surface area contributed by atoms with E-state index in [0.29, 0.717) is 37.8 Å². The minimum Gasteiger partial charge on any atom is -0.506 e. The Morgan fingerprint density at radius 1 is 0.918 bits per heavy atom. The molecule has 49 heavy (non-hydrogen) atoms. The summed E-state index contributed by atoms with van der Waals surface area (Å²) in [6, 6.07) is 22.8. The molecule has 0 saturated carbocycles. The van der Waals surface area contributed by atoms with Crippen LogP contribution in [0.1, 0.15) is 74.2 Å². The number of hydrogen-bond donors (Lipinski definition) is 3. The smallest absolute Gasteiger partial charge is 0.306 e. The number of rotatable bonds is 13.